The van der Waals surface area contributed by atoms with Crippen molar-refractivity contribution in [3.05, 3.63) is 28.2 Å². The van der Waals surface area contributed by atoms with Crippen molar-refractivity contribution in [2.75, 3.05) is 4.72 Å². The summed E-state index contributed by atoms with van der Waals surface area (Å²) < 4.78 is 26.0. The van der Waals surface area contributed by atoms with Crippen LogP contribution in [0.5, 0.6) is 5.75 Å². The van der Waals surface area contributed by atoms with E-state index in [4.69, 9.17) is 23.2 Å². The van der Waals surface area contributed by atoms with Crippen LogP contribution in [0.25, 0.3) is 10.8 Å². The molecule has 0 bridgehead atoms. The summed E-state index contributed by atoms with van der Waals surface area (Å²) >= 11 is 11.8. The lowest BCUT2D eigenvalue weighted by Crippen LogP contribution is -2.06. The van der Waals surface area contributed by atoms with Crippen LogP contribution in [-0.4, -0.2) is 13.5 Å². The Morgan fingerprint density at radius 2 is 1.88 bits per heavy atom. The first-order chi connectivity index (χ1) is 7.93. The predicted octanol–water partition coefficient (Wildman–Crippen LogP) is 2.97. The first-order valence-electron chi connectivity index (χ1n) is 4.59. The fraction of sp³-hybridized carbons (Fsp3) is 0. The van der Waals surface area contributed by atoms with E-state index in [0.29, 0.717) is 10.8 Å². The summed E-state index contributed by atoms with van der Waals surface area (Å²) in [5, 5.41) is 10.5. The van der Waals surface area contributed by atoms with Gasteiger partial charge in [0, 0.05) is 10.8 Å². The molecular weight excluding hydrogens is 285 g/mol. The summed E-state index contributed by atoms with van der Waals surface area (Å²) in [5.74, 6) is -0.212. The Hall–Kier alpha value is -1.17. The van der Waals surface area contributed by atoms with Crippen molar-refractivity contribution >= 4 is 49.7 Å². The molecule has 0 radical (unpaired) electrons. The molecule has 17 heavy (non-hydrogen) atoms. The number of rotatable bonds is 0. The van der Waals surface area contributed by atoms with E-state index in [1.807, 2.05) is 0 Å². The maximum atomic E-state index is 11.8. The van der Waals surface area contributed by atoms with Crippen molar-refractivity contribution < 1.29 is 13.5 Å². The Morgan fingerprint density at radius 3 is 2.59 bits per heavy atom. The number of sulfonamides is 1. The van der Waals surface area contributed by atoms with Crippen LogP contribution in [0.4, 0.5) is 5.69 Å². The Labute approximate surface area is 107 Å². The highest BCUT2D eigenvalue weighted by atomic mass is 35.5. The second-order valence-corrected chi connectivity index (χ2v) is 6.04. The Bertz CT molecular complexity index is 771. The number of halogens is 2. The first-order valence-corrected chi connectivity index (χ1v) is 6.83. The number of benzene rings is 2. The number of hydrogen-bond acceptors (Lipinski definition) is 3. The zero-order chi connectivity index (χ0) is 12.4. The molecule has 0 amide bonds. The third-order valence-corrected chi connectivity index (χ3v) is 4.91. The first kappa shape index (κ1) is 11.0. The molecule has 0 atom stereocenters. The topological polar surface area (TPSA) is 66.4 Å². The number of phenolic OH excluding ortho intramolecular Hbond substituents is 1. The molecular formula is C10H5Cl2NO3S. The third-order valence-electron chi connectivity index (χ3n) is 2.68. The molecule has 0 aromatic heterocycles. The van der Waals surface area contributed by atoms with Gasteiger partial charge in [0.25, 0.3) is 10.0 Å². The minimum absolute atomic E-state index is 0.00481. The van der Waals surface area contributed by atoms with Gasteiger partial charge in [0.2, 0.25) is 0 Å². The molecule has 2 aromatic rings. The number of nitrogens with one attached hydrogen (secondary N) is 1. The van der Waals surface area contributed by atoms with Crippen LogP contribution in [0.15, 0.2) is 23.1 Å². The van der Waals surface area contributed by atoms with Crippen LogP contribution in [0, 0.1) is 0 Å². The zero-order valence-corrected chi connectivity index (χ0v) is 10.5. The van der Waals surface area contributed by atoms with Crippen molar-refractivity contribution in [3.63, 3.8) is 0 Å². The van der Waals surface area contributed by atoms with Crippen molar-refractivity contribution in [1.29, 1.82) is 0 Å². The molecule has 0 unspecified atom stereocenters. The molecule has 2 N–H and O–H groups in total. The maximum Gasteiger partial charge on any atom is 0.262 e. The van der Waals surface area contributed by atoms with Crippen LogP contribution in [0.2, 0.25) is 10.0 Å². The summed E-state index contributed by atoms with van der Waals surface area (Å²) in [7, 11) is -3.62. The minimum Gasteiger partial charge on any atom is -0.506 e. The molecule has 4 nitrogen and oxygen atoms in total. The van der Waals surface area contributed by atoms with Gasteiger partial charge < -0.3 is 5.11 Å². The van der Waals surface area contributed by atoms with Gasteiger partial charge in [-0.15, -0.1) is 0 Å². The highest BCUT2D eigenvalue weighted by Gasteiger charge is 2.31. The number of anilines is 1. The van der Waals surface area contributed by atoms with E-state index >= 15 is 0 Å². The summed E-state index contributed by atoms with van der Waals surface area (Å²) in [6, 6.07) is 4.57. The van der Waals surface area contributed by atoms with Crippen molar-refractivity contribution in [2.45, 2.75) is 4.90 Å². The van der Waals surface area contributed by atoms with Crippen LogP contribution in [-0.2, 0) is 10.0 Å². The molecule has 0 spiro atoms. The number of phenols is 1. The van der Waals surface area contributed by atoms with Gasteiger partial charge in [0.05, 0.1) is 15.6 Å². The molecule has 1 aliphatic rings. The SMILES string of the molecule is O=S1(=O)Nc2c(Cl)c(Cl)c(O)c3cccc1c23. The molecule has 1 aliphatic heterocycles. The van der Waals surface area contributed by atoms with E-state index in [1.54, 1.807) is 6.07 Å². The van der Waals surface area contributed by atoms with Crippen LogP contribution in [0.1, 0.15) is 0 Å². The standard InChI is InChI=1S/C10H5Cl2NO3S/c11-7-8(12)10(14)4-2-1-3-5-6(4)9(7)13-17(5,15)16/h1-3,13-14H. The van der Waals surface area contributed by atoms with E-state index in [2.05, 4.69) is 4.72 Å². The highest BCUT2D eigenvalue weighted by molar-refractivity contribution is 7.93. The lowest BCUT2D eigenvalue weighted by molar-refractivity contribution is 0.482. The highest BCUT2D eigenvalue weighted by Crippen LogP contribution is 2.49. The van der Waals surface area contributed by atoms with Crippen molar-refractivity contribution in [3.8, 4) is 5.75 Å². The Kier molecular flexibility index (Phi) is 2.05. The van der Waals surface area contributed by atoms with Gasteiger partial charge in [-0.3, -0.25) is 4.72 Å². The van der Waals surface area contributed by atoms with Gasteiger partial charge in [0.1, 0.15) is 10.8 Å². The number of aromatic hydroxyl groups is 1. The van der Waals surface area contributed by atoms with E-state index < -0.39 is 10.0 Å². The minimum atomic E-state index is -3.62. The van der Waals surface area contributed by atoms with Gasteiger partial charge >= 0.3 is 0 Å². The second-order valence-electron chi connectivity index (χ2n) is 3.64. The smallest absolute Gasteiger partial charge is 0.262 e. The third kappa shape index (κ3) is 1.27. The average Bonchev–Trinajstić information content (AvgIpc) is 2.57. The average molecular weight is 290 g/mol. The summed E-state index contributed by atoms with van der Waals surface area (Å²) in [5.41, 5.74) is 0.222. The summed E-state index contributed by atoms with van der Waals surface area (Å²) in [4.78, 5) is 0.0962. The van der Waals surface area contributed by atoms with Gasteiger partial charge in [-0.1, -0.05) is 35.3 Å². The van der Waals surface area contributed by atoms with Crippen LogP contribution >= 0.6 is 23.2 Å². The fourth-order valence-corrected chi connectivity index (χ4v) is 3.74. The molecule has 2 aromatic carbocycles. The molecule has 0 saturated heterocycles. The maximum absolute atomic E-state index is 11.8. The predicted molar refractivity (Wildman–Crippen MR) is 66.4 cm³/mol. The van der Waals surface area contributed by atoms with E-state index in [9.17, 15) is 13.5 Å². The van der Waals surface area contributed by atoms with Gasteiger partial charge in [-0.2, -0.15) is 0 Å². The largest absolute Gasteiger partial charge is 0.506 e. The van der Waals surface area contributed by atoms with Crippen molar-refractivity contribution in [2.24, 2.45) is 0 Å². The Morgan fingerprint density at radius 1 is 1.18 bits per heavy atom. The Balaban J connectivity index is 2.66. The molecule has 0 saturated carbocycles. The van der Waals surface area contributed by atoms with Gasteiger partial charge in [-0.05, 0) is 6.07 Å². The van der Waals surface area contributed by atoms with Crippen molar-refractivity contribution in [1.82, 2.24) is 0 Å². The second kappa shape index (κ2) is 3.19. The monoisotopic (exact) mass is 289 g/mol. The van der Waals surface area contributed by atoms with Gasteiger partial charge in [-0.25, -0.2) is 8.42 Å². The van der Waals surface area contributed by atoms with Gasteiger partial charge in [0.15, 0.2) is 0 Å². The van der Waals surface area contributed by atoms with E-state index in [0.717, 1.165) is 0 Å². The molecule has 7 heteroatoms. The molecule has 3 rings (SSSR count). The summed E-state index contributed by atoms with van der Waals surface area (Å²) in [6.45, 7) is 0. The summed E-state index contributed by atoms with van der Waals surface area (Å²) in [6.07, 6.45) is 0. The molecule has 88 valence electrons. The number of hydrogen-bond donors (Lipinski definition) is 2. The van der Waals surface area contributed by atoms with E-state index in [1.165, 1.54) is 12.1 Å². The quantitative estimate of drug-likeness (QED) is 0.733. The normalized spacial score (nSPS) is 16.1. The lowest BCUT2D eigenvalue weighted by Gasteiger charge is -2.07. The van der Waals surface area contributed by atoms with E-state index in [-0.39, 0.29) is 26.4 Å². The molecule has 0 aliphatic carbocycles. The van der Waals surface area contributed by atoms with Crippen LogP contribution in [0.3, 0.4) is 0 Å². The molecule has 0 fully saturated rings. The van der Waals surface area contributed by atoms with Crippen LogP contribution < -0.4 is 4.72 Å². The lowest BCUT2D eigenvalue weighted by atomic mass is 10.1. The fourth-order valence-electron chi connectivity index (χ4n) is 1.94. The molecule has 1 heterocycles. The zero-order valence-electron chi connectivity index (χ0n) is 8.16.